The predicted octanol–water partition coefficient (Wildman–Crippen LogP) is 5.15. The molecule has 0 fully saturated rings. The Hall–Kier alpha value is -2.56. The van der Waals surface area contributed by atoms with E-state index < -0.39 is 0 Å². The Balaban J connectivity index is 2.52. The second-order valence-electron chi connectivity index (χ2n) is 7.42. The Morgan fingerprint density at radius 2 is 1.86 bits per heavy atom. The lowest BCUT2D eigenvalue weighted by molar-refractivity contribution is 0.519. The van der Waals surface area contributed by atoms with Crippen molar-refractivity contribution in [3.05, 3.63) is 53.1 Å². The first-order valence-electron chi connectivity index (χ1n) is 10.3. The van der Waals surface area contributed by atoms with Gasteiger partial charge in [0.1, 0.15) is 11.5 Å². The smallest absolute Gasteiger partial charge is 0.164 e. The summed E-state index contributed by atoms with van der Waals surface area (Å²) in [5.74, 6) is 1.87. The van der Waals surface area contributed by atoms with Crippen LogP contribution in [0.2, 0.25) is 0 Å². The SMILES string of the molecule is CCCNC(/N=C1/C(=C(\C)N(C)c2ccccc2)N=CN1C(C)C)=C(/C)CC. The number of rotatable bonds is 8. The van der Waals surface area contributed by atoms with Gasteiger partial charge in [0, 0.05) is 31.0 Å². The van der Waals surface area contributed by atoms with Crippen LogP contribution in [-0.2, 0) is 0 Å². The highest BCUT2D eigenvalue weighted by atomic mass is 15.3. The molecule has 1 aromatic carbocycles. The molecule has 0 unspecified atom stereocenters. The molecule has 0 atom stereocenters. The average Bonchev–Trinajstić information content (AvgIpc) is 3.13. The number of hydrogen-bond donors (Lipinski definition) is 1. The van der Waals surface area contributed by atoms with Crippen LogP contribution in [0.15, 0.2) is 63.1 Å². The predicted molar refractivity (Wildman–Crippen MR) is 122 cm³/mol. The summed E-state index contributed by atoms with van der Waals surface area (Å²) in [6.45, 7) is 13.8. The van der Waals surface area contributed by atoms with E-state index in [9.17, 15) is 0 Å². The van der Waals surface area contributed by atoms with Crippen LogP contribution in [0, 0.1) is 0 Å². The lowest BCUT2D eigenvalue weighted by Gasteiger charge is -2.25. The first-order valence-corrected chi connectivity index (χ1v) is 10.3. The summed E-state index contributed by atoms with van der Waals surface area (Å²) in [7, 11) is 2.08. The highest BCUT2D eigenvalue weighted by molar-refractivity contribution is 6.10. The summed E-state index contributed by atoms with van der Waals surface area (Å²) in [5, 5.41) is 3.50. The Morgan fingerprint density at radius 3 is 2.43 bits per heavy atom. The maximum absolute atomic E-state index is 5.07. The monoisotopic (exact) mass is 381 g/mol. The molecule has 1 aromatic rings. The van der Waals surface area contributed by atoms with Crippen molar-refractivity contribution in [3.63, 3.8) is 0 Å². The molecule has 0 saturated carbocycles. The number of hydrogen-bond acceptors (Lipinski definition) is 4. The fourth-order valence-corrected chi connectivity index (χ4v) is 2.91. The Bertz CT molecular complexity index is 771. The van der Waals surface area contributed by atoms with Crippen molar-refractivity contribution in [2.75, 3.05) is 18.5 Å². The van der Waals surface area contributed by atoms with Gasteiger partial charge in [0.15, 0.2) is 5.84 Å². The van der Waals surface area contributed by atoms with Gasteiger partial charge in [-0.1, -0.05) is 32.0 Å². The van der Waals surface area contributed by atoms with Crippen LogP contribution in [-0.4, -0.2) is 36.7 Å². The summed E-state index contributed by atoms with van der Waals surface area (Å²) in [6.07, 6.45) is 3.93. The molecule has 1 N–H and O–H groups in total. The first-order chi connectivity index (χ1) is 13.4. The third-order valence-electron chi connectivity index (χ3n) is 5.01. The zero-order chi connectivity index (χ0) is 20.7. The minimum Gasteiger partial charge on any atom is -0.370 e. The number of nitrogens with zero attached hydrogens (tertiary/aromatic N) is 4. The highest BCUT2D eigenvalue weighted by Crippen LogP contribution is 2.25. The number of nitrogens with one attached hydrogen (secondary N) is 1. The summed E-state index contributed by atoms with van der Waals surface area (Å²) < 4.78 is 0. The third-order valence-corrected chi connectivity index (χ3v) is 5.01. The van der Waals surface area contributed by atoms with Gasteiger partial charge in [0.05, 0.1) is 6.34 Å². The number of amidine groups is 1. The maximum Gasteiger partial charge on any atom is 0.164 e. The molecule has 5 nitrogen and oxygen atoms in total. The van der Waals surface area contributed by atoms with Gasteiger partial charge in [-0.25, -0.2) is 9.98 Å². The average molecular weight is 382 g/mol. The van der Waals surface area contributed by atoms with Gasteiger partial charge in [-0.3, -0.25) is 0 Å². The summed E-state index contributed by atoms with van der Waals surface area (Å²) in [4.78, 5) is 14.1. The zero-order valence-electron chi connectivity index (χ0n) is 18.5. The second kappa shape index (κ2) is 10.1. The van der Waals surface area contributed by atoms with Crippen molar-refractivity contribution in [1.29, 1.82) is 0 Å². The van der Waals surface area contributed by atoms with E-state index in [1.54, 1.807) is 0 Å². The molecule has 1 aliphatic rings. The van der Waals surface area contributed by atoms with Crippen molar-refractivity contribution in [2.24, 2.45) is 9.98 Å². The van der Waals surface area contributed by atoms with E-state index in [1.807, 2.05) is 12.4 Å². The van der Waals surface area contributed by atoms with Gasteiger partial charge in [0.25, 0.3) is 0 Å². The molecule has 0 amide bonds. The summed E-state index contributed by atoms with van der Waals surface area (Å²) in [6, 6.07) is 10.6. The van der Waals surface area contributed by atoms with Gasteiger partial charge in [-0.15, -0.1) is 0 Å². The van der Waals surface area contributed by atoms with Crippen molar-refractivity contribution >= 4 is 17.9 Å². The molecule has 2 rings (SSSR count). The van der Waals surface area contributed by atoms with Gasteiger partial charge >= 0.3 is 0 Å². The Morgan fingerprint density at radius 1 is 1.18 bits per heavy atom. The van der Waals surface area contributed by atoms with Gasteiger partial charge < -0.3 is 15.1 Å². The lowest BCUT2D eigenvalue weighted by Crippen LogP contribution is -2.34. The van der Waals surface area contributed by atoms with Crippen LogP contribution in [0.4, 0.5) is 5.69 Å². The molecule has 0 bridgehead atoms. The molecule has 0 radical (unpaired) electrons. The van der Waals surface area contributed by atoms with Crippen molar-refractivity contribution in [2.45, 2.75) is 60.4 Å². The molecule has 1 heterocycles. The van der Waals surface area contributed by atoms with Gasteiger partial charge in [0.2, 0.25) is 0 Å². The number of benzene rings is 1. The van der Waals surface area contributed by atoms with Crippen LogP contribution < -0.4 is 10.2 Å². The van der Waals surface area contributed by atoms with Crippen molar-refractivity contribution < 1.29 is 0 Å². The van der Waals surface area contributed by atoms with Crippen LogP contribution in [0.1, 0.15) is 54.4 Å². The van der Waals surface area contributed by atoms with Crippen LogP contribution >= 0.6 is 0 Å². The molecule has 1 aliphatic heterocycles. The van der Waals surface area contributed by atoms with E-state index in [0.717, 1.165) is 48.1 Å². The Kier molecular flexibility index (Phi) is 7.85. The molecular weight excluding hydrogens is 346 g/mol. The normalized spacial score (nSPS) is 18.0. The van der Waals surface area contributed by atoms with Gasteiger partial charge in [-0.2, -0.15) is 0 Å². The van der Waals surface area contributed by atoms with Crippen molar-refractivity contribution in [1.82, 2.24) is 10.2 Å². The molecule has 0 aromatic heterocycles. The first kappa shape index (κ1) is 21.7. The highest BCUT2D eigenvalue weighted by Gasteiger charge is 2.26. The van der Waals surface area contributed by atoms with Crippen LogP contribution in [0.5, 0.6) is 0 Å². The largest absolute Gasteiger partial charge is 0.370 e. The van der Waals surface area contributed by atoms with Crippen LogP contribution in [0.25, 0.3) is 0 Å². The second-order valence-corrected chi connectivity index (χ2v) is 7.42. The molecule has 5 heteroatoms. The molecule has 0 saturated heterocycles. The van der Waals surface area contributed by atoms with Crippen molar-refractivity contribution in [3.8, 4) is 0 Å². The maximum atomic E-state index is 5.07. The third kappa shape index (κ3) is 5.03. The number of allylic oxidation sites excluding steroid dienone is 2. The van der Waals surface area contributed by atoms with E-state index in [2.05, 4.69) is 88.0 Å². The number of aliphatic imine (C=N–C) groups is 2. The van der Waals surface area contributed by atoms with E-state index in [1.165, 1.54) is 5.57 Å². The molecule has 0 spiro atoms. The molecular formula is C23H35N5. The fourth-order valence-electron chi connectivity index (χ4n) is 2.91. The summed E-state index contributed by atoms with van der Waals surface area (Å²) >= 11 is 0. The minimum absolute atomic E-state index is 0.282. The number of anilines is 1. The number of para-hydroxylation sites is 1. The summed E-state index contributed by atoms with van der Waals surface area (Å²) in [5.41, 5.74) is 4.38. The quantitative estimate of drug-likeness (QED) is 0.677. The topological polar surface area (TPSA) is 43.2 Å². The fraction of sp³-hybridized carbons (Fsp3) is 0.478. The zero-order valence-corrected chi connectivity index (χ0v) is 18.5. The van der Waals surface area contributed by atoms with E-state index >= 15 is 0 Å². The minimum atomic E-state index is 0.282. The van der Waals surface area contributed by atoms with E-state index in [0.29, 0.717) is 0 Å². The Labute approximate surface area is 170 Å². The molecule has 28 heavy (non-hydrogen) atoms. The lowest BCUT2D eigenvalue weighted by atomic mass is 10.2. The van der Waals surface area contributed by atoms with E-state index in [4.69, 9.17) is 9.98 Å². The molecule has 152 valence electrons. The van der Waals surface area contributed by atoms with E-state index in [-0.39, 0.29) is 6.04 Å². The molecule has 0 aliphatic carbocycles. The van der Waals surface area contributed by atoms with Crippen LogP contribution in [0.3, 0.4) is 0 Å². The van der Waals surface area contributed by atoms with Gasteiger partial charge in [-0.05, 0) is 58.2 Å². The standard InChI is InChI=1S/C23H35N5/c1-8-15-24-22(18(5)9-2)26-23-21(25-16-28(23)17(3)4)19(6)27(7)20-13-11-10-12-14-20/h10-14,16-17,24H,8-9,15H2,1-7H3/b21-19-,22-18+,26-23-.